The van der Waals surface area contributed by atoms with E-state index in [9.17, 15) is 4.79 Å². The first-order valence-corrected chi connectivity index (χ1v) is 6.67. The highest BCUT2D eigenvalue weighted by Crippen LogP contribution is 2.20. The van der Waals surface area contributed by atoms with E-state index < -0.39 is 0 Å². The van der Waals surface area contributed by atoms with Crippen molar-refractivity contribution in [2.24, 2.45) is 0 Å². The molecule has 0 saturated heterocycles. The van der Waals surface area contributed by atoms with Crippen molar-refractivity contribution in [1.29, 1.82) is 0 Å². The number of amides is 1. The fourth-order valence-corrected chi connectivity index (χ4v) is 1.89. The standard InChI is InChI=1S/C15H19NO3/c1-2-3-10-18-15(17)16-9-8-12-11-19-14-7-5-4-6-13(12)14/h4-7,11H,2-3,8-10H2,1H3,(H,16,17). The molecule has 1 N–H and O–H groups in total. The number of hydrogen-bond donors (Lipinski definition) is 1. The maximum absolute atomic E-state index is 11.4. The Morgan fingerprint density at radius 3 is 3.05 bits per heavy atom. The van der Waals surface area contributed by atoms with E-state index in [0.717, 1.165) is 35.8 Å². The van der Waals surface area contributed by atoms with Gasteiger partial charge in [0.2, 0.25) is 0 Å². The molecule has 0 aliphatic heterocycles. The summed E-state index contributed by atoms with van der Waals surface area (Å²) in [5.74, 6) is 0. The van der Waals surface area contributed by atoms with E-state index in [2.05, 4.69) is 12.2 Å². The summed E-state index contributed by atoms with van der Waals surface area (Å²) in [6, 6.07) is 7.88. The number of alkyl carbamates (subject to hydrolysis) is 1. The second kappa shape index (κ2) is 6.83. The quantitative estimate of drug-likeness (QED) is 0.810. The molecule has 0 fully saturated rings. The molecule has 0 aliphatic rings. The van der Waals surface area contributed by atoms with Gasteiger partial charge in [0.15, 0.2) is 0 Å². The van der Waals surface area contributed by atoms with Crippen molar-refractivity contribution in [2.45, 2.75) is 26.2 Å². The number of unbranched alkanes of at least 4 members (excludes halogenated alkanes) is 1. The Labute approximate surface area is 112 Å². The minimum Gasteiger partial charge on any atom is -0.464 e. The molecule has 4 heteroatoms. The molecule has 1 amide bonds. The fraction of sp³-hybridized carbons (Fsp3) is 0.400. The van der Waals surface area contributed by atoms with Crippen LogP contribution >= 0.6 is 0 Å². The average molecular weight is 261 g/mol. The number of nitrogens with one attached hydrogen (secondary N) is 1. The van der Waals surface area contributed by atoms with Crippen molar-refractivity contribution in [3.63, 3.8) is 0 Å². The van der Waals surface area contributed by atoms with Gasteiger partial charge >= 0.3 is 6.09 Å². The van der Waals surface area contributed by atoms with Crippen LogP contribution in [0.5, 0.6) is 0 Å². The van der Waals surface area contributed by atoms with Crippen LogP contribution in [0.25, 0.3) is 11.0 Å². The summed E-state index contributed by atoms with van der Waals surface area (Å²) in [5.41, 5.74) is 1.98. The van der Waals surface area contributed by atoms with Gasteiger partial charge in [-0.25, -0.2) is 4.79 Å². The maximum Gasteiger partial charge on any atom is 0.407 e. The van der Waals surface area contributed by atoms with Crippen molar-refractivity contribution in [1.82, 2.24) is 5.32 Å². The largest absolute Gasteiger partial charge is 0.464 e. The zero-order valence-electron chi connectivity index (χ0n) is 11.1. The molecule has 0 spiro atoms. The summed E-state index contributed by atoms with van der Waals surface area (Å²) >= 11 is 0. The summed E-state index contributed by atoms with van der Waals surface area (Å²) in [6.45, 7) is 3.09. The lowest BCUT2D eigenvalue weighted by Crippen LogP contribution is -2.26. The highest BCUT2D eigenvalue weighted by Gasteiger charge is 2.06. The third-order valence-electron chi connectivity index (χ3n) is 2.96. The zero-order chi connectivity index (χ0) is 13.5. The SMILES string of the molecule is CCCCOC(=O)NCCc1coc2ccccc12. The highest BCUT2D eigenvalue weighted by molar-refractivity contribution is 5.80. The topological polar surface area (TPSA) is 51.5 Å². The molecule has 2 aromatic rings. The molecule has 1 aromatic carbocycles. The molecule has 0 saturated carbocycles. The molecule has 0 aliphatic carbocycles. The Bertz CT molecular complexity index is 533. The molecule has 0 atom stereocenters. The Kier molecular flexibility index (Phi) is 4.84. The third-order valence-corrected chi connectivity index (χ3v) is 2.96. The van der Waals surface area contributed by atoms with E-state index in [0.29, 0.717) is 13.2 Å². The minimum absolute atomic E-state index is 0.346. The van der Waals surface area contributed by atoms with Gasteiger partial charge in [0.25, 0.3) is 0 Å². The van der Waals surface area contributed by atoms with E-state index in [1.807, 2.05) is 24.3 Å². The maximum atomic E-state index is 11.4. The van der Waals surface area contributed by atoms with Crippen LogP contribution in [0.15, 0.2) is 34.9 Å². The number of furan rings is 1. The minimum atomic E-state index is -0.346. The smallest absolute Gasteiger partial charge is 0.407 e. The number of para-hydroxylation sites is 1. The molecule has 1 aromatic heterocycles. The average Bonchev–Trinajstić information content (AvgIpc) is 2.83. The van der Waals surface area contributed by atoms with Gasteiger partial charge in [-0.1, -0.05) is 31.5 Å². The van der Waals surface area contributed by atoms with Crippen molar-refractivity contribution in [3.8, 4) is 0 Å². The molecular formula is C15H19NO3. The first-order chi connectivity index (χ1) is 9.31. The van der Waals surface area contributed by atoms with Crippen LogP contribution in [0.1, 0.15) is 25.3 Å². The summed E-state index contributed by atoms with van der Waals surface area (Å²) in [4.78, 5) is 11.4. The summed E-state index contributed by atoms with van der Waals surface area (Å²) < 4.78 is 10.5. The van der Waals surface area contributed by atoms with Crippen LogP contribution in [0, 0.1) is 0 Å². The Morgan fingerprint density at radius 2 is 2.21 bits per heavy atom. The second-order valence-electron chi connectivity index (χ2n) is 4.42. The van der Waals surface area contributed by atoms with Crippen molar-refractivity contribution >= 4 is 17.1 Å². The number of carbonyl (C=O) groups excluding carboxylic acids is 1. The van der Waals surface area contributed by atoms with Crippen molar-refractivity contribution in [3.05, 3.63) is 36.1 Å². The third kappa shape index (κ3) is 3.74. The molecule has 4 nitrogen and oxygen atoms in total. The number of carbonyl (C=O) groups is 1. The summed E-state index contributed by atoms with van der Waals surface area (Å²) in [6.07, 6.45) is 4.06. The predicted octanol–water partition coefficient (Wildman–Crippen LogP) is 3.50. The molecule has 1 heterocycles. The van der Waals surface area contributed by atoms with E-state index >= 15 is 0 Å². The Balaban J connectivity index is 1.78. The van der Waals surface area contributed by atoms with Crippen LogP contribution in [0.3, 0.4) is 0 Å². The van der Waals surface area contributed by atoms with Gasteiger partial charge in [-0.05, 0) is 24.5 Å². The summed E-state index contributed by atoms with van der Waals surface area (Å²) in [5, 5.41) is 3.84. The van der Waals surface area contributed by atoms with Crippen LogP contribution < -0.4 is 5.32 Å². The predicted molar refractivity (Wildman–Crippen MR) is 74.2 cm³/mol. The zero-order valence-corrected chi connectivity index (χ0v) is 11.1. The van der Waals surface area contributed by atoms with Gasteiger partial charge in [-0.15, -0.1) is 0 Å². The number of fused-ring (bicyclic) bond motifs is 1. The molecule has 2 rings (SSSR count). The van der Waals surface area contributed by atoms with Crippen molar-refractivity contribution < 1.29 is 13.9 Å². The Morgan fingerprint density at radius 1 is 1.37 bits per heavy atom. The van der Waals surface area contributed by atoms with Gasteiger partial charge in [0.05, 0.1) is 12.9 Å². The first kappa shape index (κ1) is 13.5. The lowest BCUT2D eigenvalue weighted by Gasteiger charge is -2.05. The number of rotatable bonds is 6. The lowest BCUT2D eigenvalue weighted by molar-refractivity contribution is 0.144. The number of benzene rings is 1. The molecule has 0 radical (unpaired) electrons. The number of hydrogen-bond acceptors (Lipinski definition) is 3. The summed E-state index contributed by atoms with van der Waals surface area (Å²) in [7, 11) is 0. The first-order valence-electron chi connectivity index (χ1n) is 6.67. The van der Waals surface area contributed by atoms with E-state index in [1.54, 1.807) is 6.26 Å². The molecule has 0 unspecified atom stereocenters. The van der Waals surface area contributed by atoms with Gasteiger partial charge in [0, 0.05) is 11.9 Å². The van der Waals surface area contributed by atoms with Crippen molar-refractivity contribution in [2.75, 3.05) is 13.2 Å². The number of ether oxygens (including phenoxy) is 1. The van der Waals surface area contributed by atoms with E-state index in [4.69, 9.17) is 9.15 Å². The Hall–Kier alpha value is -1.97. The van der Waals surface area contributed by atoms with Crippen LogP contribution in [0.4, 0.5) is 4.79 Å². The lowest BCUT2D eigenvalue weighted by atomic mass is 10.1. The molecule has 102 valence electrons. The second-order valence-corrected chi connectivity index (χ2v) is 4.42. The molecule has 19 heavy (non-hydrogen) atoms. The van der Waals surface area contributed by atoms with Gasteiger partial charge in [-0.3, -0.25) is 0 Å². The van der Waals surface area contributed by atoms with Gasteiger partial charge in [0.1, 0.15) is 5.58 Å². The van der Waals surface area contributed by atoms with E-state index in [-0.39, 0.29) is 6.09 Å². The van der Waals surface area contributed by atoms with E-state index in [1.165, 1.54) is 0 Å². The van der Waals surface area contributed by atoms with Gasteiger partial charge in [-0.2, -0.15) is 0 Å². The van der Waals surface area contributed by atoms with Crippen LogP contribution in [0.2, 0.25) is 0 Å². The van der Waals surface area contributed by atoms with Gasteiger partial charge < -0.3 is 14.5 Å². The molecule has 0 bridgehead atoms. The monoisotopic (exact) mass is 261 g/mol. The van der Waals surface area contributed by atoms with Crippen LogP contribution in [-0.4, -0.2) is 19.2 Å². The molecular weight excluding hydrogens is 242 g/mol. The van der Waals surface area contributed by atoms with Crippen LogP contribution in [-0.2, 0) is 11.2 Å². The fourth-order valence-electron chi connectivity index (χ4n) is 1.89. The normalized spacial score (nSPS) is 10.6. The highest BCUT2D eigenvalue weighted by atomic mass is 16.5.